The van der Waals surface area contributed by atoms with Gasteiger partial charge in [0.15, 0.2) is 0 Å². The summed E-state index contributed by atoms with van der Waals surface area (Å²) in [4.78, 5) is 0. The summed E-state index contributed by atoms with van der Waals surface area (Å²) in [5.74, 6) is 0.366. The van der Waals surface area contributed by atoms with Crippen LogP contribution in [0.15, 0.2) is 42.5 Å². The maximum absolute atomic E-state index is 6.19. The van der Waals surface area contributed by atoms with Gasteiger partial charge in [0.25, 0.3) is 0 Å². The highest BCUT2D eigenvalue weighted by molar-refractivity contribution is 6.42. The van der Waals surface area contributed by atoms with Crippen molar-refractivity contribution in [3.05, 3.63) is 69.2 Å². The quantitative estimate of drug-likeness (QED) is 0.751. The van der Waals surface area contributed by atoms with Crippen molar-refractivity contribution in [1.29, 1.82) is 0 Å². The molecule has 0 spiro atoms. The molecule has 0 bridgehead atoms. The monoisotopic (exact) mass is 327 g/mol. The number of halogens is 3. The highest BCUT2D eigenvalue weighted by atomic mass is 35.5. The molecule has 0 aromatic heterocycles. The van der Waals surface area contributed by atoms with Gasteiger partial charge in [-0.1, -0.05) is 53.5 Å². The van der Waals surface area contributed by atoms with Gasteiger partial charge in [-0.15, -0.1) is 12.4 Å². The van der Waals surface area contributed by atoms with Crippen LogP contribution in [0.3, 0.4) is 0 Å². The van der Waals surface area contributed by atoms with E-state index >= 15 is 0 Å². The Hall–Kier alpha value is -0.730. The van der Waals surface area contributed by atoms with Crippen LogP contribution in [0.2, 0.25) is 10.0 Å². The number of hydrogen-bond donors (Lipinski definition) is 1. The molecular weight excluding hydrogens is 313 g/mol. The van der Waals surface area contributed by atoms with Crippen LogP contribution in [0.5, 0.6) is 0 Å². The fourth-order valence-corrected chi connectivity index (χ4v) is 3.21. The van der Waals surface area contributed by atoms with E-state index in [4.69, 9.17) is 28.9 Å². The minimum atomic E-state index is 0. The second kappa shape index (κ2) is 6.36. The topological polar surface area (TPSA) is 26.0 Å². The minimum absolute atomic E-state index is 0. The molecule has 2 N–H and O–H groups in total. The largest absolute Gasteiger partial charge is 0.324 e. The summed E-state index contributed by atoms with van der Waals surface area (Å²) in [5.41, 5.74) is 9.98. The predicted molar refractivity (Wildman–Crippen MR) is 88.2 cm³/mol. The summed E-state index contributed by atoms with van der Waals surface area (Å²) in [6, 6.07) is 14.5. The maximum Gasteiger partial charge on any atom is 0.0595 e. The van der Waals surface area contributed by atoms with Crippen LogP contribution in [0.1, 0.15) is 41.5 Å². The summed E-state index contributed by atoms with van der Waals surface area (Å²) in [7, 11) is 0. The molecule has 0 unspecified atom stereocenters. The first-order chi connectivity index (χ1) is 9.16. The molecule has 3 rings (SSSR count). The molecule has 1 nitrogen and oxygen atoms in total. The van der Waals surface area contributed by atoms with Gasteiger partial charge in [-0.05, 0) is 41.7 Å². The van der Waals surface area contributed by atoms with Gasteiger partial charge in [-0.2, -0.15) is 0 Å². The summed E-state index contributed by atoms with van der Waals surface area (Å²) in [6.07, 6.45) is 2.05. The van der Waals surface area contributed by atoms with Crippen LogP contribution in [0.25, 0.3) is 0 Å². The summed E-state index contributed by atoms with van der Waals surface area (Å²) in [5, 5.41) is 1.22. The van der Waals surface area contributed by atoms with Gasteiger partial charge in [0.1, 0.15) is 0 Å². The molecule has 2 atom stereocenters. The van der Waals surface area contributed by atoms with Crippen molar-refractivity contribution in [3.8, 4) is 0 Å². The summed E-state index contributed by atoms with van der Waals surface area (Å²) < 4.78 is 0. The molecule has 1 aliphatic rings. The molecule has 106 valence electrons. The van der Waals surface area contributed by atoms with E-state index in [1.54, 1.807) is 0 Å². The molecule has 4 heteroatoms. The van der Waals surface area contributed by atoms with Crippen LogP contribution in [-0.2, 0) is 0 Å². The van der Waals surface area contributed by atoms with Crippen molar-refractivity contribution < 1.29 is 0 Å². The lowest BCUT2D eigenvalue weighted by Crippen LogP contribution is -2.20. The van der Waals surface area contributed by atoms with Gasteiger partial charge in [-0.25, -0.2) is 0 Å². The summed E-state index contributed by atoms with van der Waals surface area (Å²) >= 11 is 12.1. The Morgan fingerprint density at radius 2 is 1.60 bits per heavy atom. The average molecular weight is 329 g/mol. The zero-order valence-corrected chi connectivity index (χ0v) is 13.2. The van der Waals surface area contributed by atoms with Gasteiger partial charge >= 0.3 is 0 Å². The minimum Gasteiger partial charge on any atom is -0.324 e. The zero-order chi connectivity index (χ0) is 13.4. The Labute approximate surface area is 135 Å². The SMILES string of the molecule is Cl.N[C@@H]1CC[C@@H](c2ccc(Cl)c(Cl)c2)c2ccccc21. The molecule has 0 aliphatic heterocycles. The van der Waals surface area contributed by atoms with Crippen LogP contribution >= 0.6 is 35.6 Å². The lowest BCUT2D eigenvalue weighted by atomic mass is 9.77. The molecule has 0 heterocycles. The van der Waals surface area contributed by atoms with Gasteiger partial charge in [-0.3, -0.25) is 0 Å². The van der Waals surface area contributed by atoms with Crippen LogP contribution in [-0.4, -0.2) is 0 Å². The molecule has 0 radical (unpaired) electrons. The van der Waals surface area contributed by atoms with Crippen LogP contribution < -0.4 is 5.73 Å². The summed E-state index contributed by atoms with van der Waals surface area (Å²) in [6.45, 7) is 0. The van der Waals surface area contributed by atoms with Crippen molar-refractivity contribution >= 4 is 35.6 Å². The fourth-order valence-electron chi connectivity index (χ4n) is 2.90. The lowest BCUT2D eigenvalue weighted by molar-refractivity contribution is 0.530. The van der Waals surface area contributed by atoms with E-state index < -0.39 is 0 Å². The third-order valence-electron chi connectivity index (χ3n) is 3.88. The van der Waals surface area contributed by atoms with Crippen molar-refractivity contribution in [2.75, 3.05) is 0 Å². The number of fused-ring (bicyclic) bond motifs is 1. The van der Waals surface area contributed by atoms with Gasteiger partial charge in [0, 0.05) is 12.0 Å². The number of rotatable bonds is 1. The van der Waals surface area contributed by atoms with Gasteiger partial charge < -0.3 is 5.73 Å². The molecular formula is C16H16Cl3N. The highest BCUT2D eigenvalue weighted by Crippen LogP contribution is 2.41. The van der Waals surface area contributed by atoms with Crippen molar-refractivity contribution in [2.45, 2.75) is 24.8 Å². The first-order valence-corrected chi connectivity index (χ1v) is 7.22. The maximum atomic E-state index is 6.19. The number of hydrogen-bond acceptors (Lipinski definition) is 1. The smallest absolute Gasteiger partial charge is 0.0595 e. The zero-order valence-electron chi connectivity index (χ0n) is 10.9. The Morgan fingerprint density at radius 3 is 2.30 bits per heavy atom. The molecule has 0 saturated heterocycles. The second-order valence-electron chi connectivity index (χ2n) is 5.04. The number of nitrogens with two attached hydrogens (primary N) is 1. The molecule has 0 fully saturated rings. The Bertz CT molecular complexity index is 612. The second-order valence-corrected chi connectivity index (χ2v) is 5.85. The fraction of sp³-hybridized carbons (Fsp3) is 0.250. The third-order valence-corrected chi connectivity index (χ3v) is 4.62. The van der Waals surface area contributed by atoms with E-state index in [0.29, 0.717) is 16.0 Å². The van der Waals surface area contributed by atoms with E-state index in [-0.39, 0.29) is 18.4 Å². The molecule has 2 aromatic rings. The Morgan fingerprint density at radius 1 is 0.900 bits per heavy atom. The van der Waals surface area contributed by atoms with Gasteiger partial charge in [0.2, 0.25) is 0 Å². The van der Waals surface area contributed by atoms with Crippen LogP contribution in [0, 0.1) is 0 Å². The van der Waals surface area contributed by atoms with E-state index in [1.165, 1.54) is 16.7 Å². The number of benzene rings is 2. The molecule has 1 aliphatic carbocycles. The van der Waals surface area contributed by atoms with Gasteiger partial charge in [0.05, 0.1) is 10.0 Å². The first-order valence-electron chi connectivity index (χ1n) is 6.46. The molecule has 0 amide bonds. The third kappa shape index (κ3) is 2.82. The predicted octanol–water partition coefficient (Wildman–Crippen LogP) is 5.34. The normalized spacial score (nSPS) is 20.9. The van der Waals surface area contributed by atoms with E-state index in [9.17, 15) is 0 Å². The van der Waals surface area contributed by atoms with Crippen LogP contribution in [0.4, 0.5) is 0 Å². The Balaban J connectivity index is 0.00000147. The molecule has 20 heavy (non-hydrogen) atoms. The first kappa shape index (κ1) is 15.7. The van der Waals surface area contributed by atoms with E-state index in [2.05, 4.69) is 30.3 Å². The lowest BCUT2D eigenvalue weighted by Gasteiger charge is -2.30. The van der Waals surface area contributed by atoms with E-state index in [1.807, 2.05) is 12.1 Å². The van der Waals surface area contributed by atoms with E-state index in [0.717, 1.165) is 12.8 Å². The Kier molecular flexibility index (Phi) is 4.98. The van der Waals surface area contributed by atoms with Crippen molar-refractivity contribution in [1.82, 2.24) is 0 Å². The van der Waals surface area contributed by atoms with Crippen molar-refractivity contribution in [3.63, 3.8) is 0 Å². The highest BCUT2D eigenvalue weighted by Gasteiger charge is 2.26. The standard InChI is InChI=1S/C16H15Cl2N.ClH/c17-14-7-5-10(9-15(14)18)11-6-8-16(19)13-4-2-1-3-12(11)13;/h1-5,7,9,11,16H,6,8,19H2;1H/t11-,16+;/m0./s1. The average Bonchev–Trinajstić information content (AvgIpc) is 2.43. The molecule has 2 aromatic carbocycles. The molecule has 0 saturated carbocycles. The van der Waals surface area contributed by atoms with Crippen molar-refractivity contribution in [2.24, 2.45) is 5.73 Å².